The molecule has 3 N–H and O–H groups in total. The molecule has 1 rings (SSSR count). The predicted molar refractivity (Wildman–Crippen MR) is 106 cm³/mol. The topological polar surface area (TPSA) is 55.1 Å². The smallest absolute Gasteiger partial charge is 0.224 e. The number of carbonyl (C=O) groups excluding carboxylic acids is 1. The van der Waals surface area contributed by atoms with Gasteiger partial charge in [0.25, 0.3) is 0 Å². The van der Waals surface area contributed by atoms with Gasteiger partial charge in [0.2, 0.25) is 5.91 Å². The van der Waals surface area contributed by atoms with Crippen molar-refractivity contribution in [3.63, 3.8) is 0 Å². The minimum Gasteiger partial charge on any atom is -0.330 e. The third-order valence-electron chi connectivity index (χ3n) is 3.65. The molecule has 0 aromatic heterocycles. The third kappa shape index (κ3) is 9.23. The van der Waals surface area contributed by atoms with Gasteiger partial charge in [-0.3, -0.25) is 4.79 Å². The van der Waals surface area contributed by atoms with Crippen LogP contribution in [0.2, 0.25) is 0 Å². The second-order valence-corrected chi connectivity index (χ2v) is 7.52. The minimum atomic E-state index is 0. The minimum absolute atomic E-state index is 0. The molecule has 23 heavy (non-hydrogen) atoms. The quantitative estimate of drug-likeness (QED) is 0.584. The van der Waals surface area contributed by atoms with Crippen LogP contribution in [0.25, 0.3) is 0 Å². The van der Waals surface area contributed by atoms with Crippen LogP contribution in [-0.4, -0.2) is 17.7 Å². The van der Waals surface area contributed by atoms with Crippen LogP contribution in [0.5, 0.6) is 0 Å². The highest BCUT2D eigenvalue weighted by Gasteiger charge is 2.08. The molecular weight excluding hydrogens is 328 g/mol. The molecule has 0 aliphatic rings. The van der Waals surface area contributed by atoms with Gasteiger partial charge in [-0.2, -0.15) is 11.8 Å². The molecule has 0 radical (unpaired) electrons. The number of nitrogens with one attached hydrogen (secondary N) is 1. The first-order chi connectivity index (χ1) is 10.5. The lowest BCUT2D eigenvalue weighted by molar-refractivity contribution is -0.116. The Morgan fingerprint density at radius 3 is 2.57 bits per heavy atom. The Kier molecular flexibility index (Phi) is 12.3. The first-order valence-corrected chi connectivity index (χ1v) is 9.29. The standard InChI is InChI=1S/C18H30N2OS.ClH/c1-14(2)22-13-16-9-8-10-17(15(16)3)20-18(21)11-6-4-5-7-12-19;/h8-10,14H,4-7,11-13,19H2,1-3H3,(H,20,21);1H. The van der Waals surface area contributed by atoms with Crippen LogP contribution in [0.15, 0.2) is 18.2 Å². The van der Waals surface area contributed by atoms with Crippen molar-refractivity contribution in [2.75, 3.05) is 11.9 Å². The van der Waals surface area contributed by atoms with Gasteiger partial charge < -0.3 is 11.1 Å². The molecule has 1 aromatic rings. The van der Waals surface area contributed by atoms with Crippen molar-refractivity contribution in [2.45, 2.75) is 63.9 Å². The monoisotopic (exact) mass is 358 g/mol. The normalized spacial score (nSPS) is 10.5. The van der Waals surface area contributed by atoms with Crippen LogP contribution in [-0.2, 0) is 10.5 Å². The molecular formula is C18H31ClN2OS. The molecule has 0 atom stereocenters. The van der Waals surface area contributed by atoms with Crippen molar-refractivity contribution in [3.05, 3.63) is 29.3 Å². The largest absolute Gasteiger partial charge is 0.330 e. The van der Waals surface area contributed by atoms with E-state index in [2.05, 4.69) is 32.2 Å². The van der Waals surface area contributed by atoms with Gasteiger partial charge in [0.1, 0.15) is 0 Å². The fourth-order valence-corrected chi connectivity index (χ4v) is 3.05. The molecule has 0 heterocycles. The number of nitrogens with two attached hydrogens (primary N) is 1. The van der Waals surface area contributed by atoms with Gasteiger partial charge in [0, 0.05) is 17.9 Å². The highest BCUT2D eigenvalue weighted by Crippen LogP contribution is 2.25. The van der Waals surface area contributed by atoms with Crippen molar-refractivity contribution in [2.24, 2.45) is 5.73 Å². The van der Waals surface area contributed by atoms with Crippen molar-refractivity contribution in [1.82, 2.24) is 0 Å². The van der Waals surface area contributed by atoms with E-state index in [4.69, 9.17) is 5.73 Å². The summed E-state index contributed by atoms with van der Waals surface area (Å²) >= 11 is 1.92. The van der Waals surface area contributed by atoms with Gasteiger partial charge in [0.05, 0.1) is 0 Å². The van der Waals surface area contributed by atoms with Crippen LogP contribution in [0.3, 0.4) is 0 Å². The summed E-state index contributed by atoms with van der Waals surface area (Å²) in [4.78, 5) is 12.0. The lowest BCUT2D eigenvalue weighted by atomic mass is 10.1. The molecule has 1 aromatic carbocycles. The molecule has 0 saturated carbocycles. The number of anilines is 1. The number of amides is 1. The number of unbranched alkanes of at least 4 members (excludes halogenated alkanes) is 3. The van der Waals surface area contributed by atoms with Gasteiger partial charge in [-0.05, 0) is 48.8 Å². The molecule has 5 heteroatoms. The van der Waals surface area contributed by atoms with Crippen molar-refractivity contribution in [1.29, 1.82) is 0 Å². The van der Waals surface area contributed by atoms with Crippen LogP contribution in [0.4, 0.5) is 5.69 Å². The molecule has 0 aliphatic heterocycles. The Morgan fingerprint density at radius 2 is 1.91 bits per heavy atom. The first kappa shape index (κ1) is 22.3. The Bertz CT molecular complexity index is 466. The molecule has 0 bridgehead atoms. The lowest BCUT2D eigenvalue weighted by Gasteiger charge is -2.13. The molecule has 0 saturated heterocycles. The summed E-state index contributed by atoms with van der Waals surface area (Å²) in [6, 6.07) is 6.17. The van der Waals surface area contributed by atoms with Gasteiger partial charge in [-0.1, -0.05) is 38.8 Å². The van der Waals surface area contributed by atoms with Crippen LogP contribution in [0, 0.1) is 6.92 Å². The Morgan fingerprint density at radius 1 is 1.22 bits per heavy atom. The zero-order valence-electron chi connectivity index (χ0n) is 14.6. The zero-order chi connectivity index (χ0) is 16.4. The third-order valence-corrected chi connectivity index (χ3v) is 4.79. The number of rotatable bonds is 10. The van der Waals surface area contributed by atoms with Crippen LogP contribution < -0.4 is 11.1 Å². The maximum absolute atomic E-state index is 12.0. The van der Waals surface area contributed by atoms with E-state index in [1.54, 1.807) is 0 Å². The van der Waals surface area contributed by atoms with E-state index < -0.39 is 0 Å². The second-order valence-electron chi connectivity index (χ2n) is 5.95. The summed E-state index contributed by atoms with van der Waals surface area (Å²) in [5.74, 6) is 1.11. The van der Waals surface area contributed by atoms with Gasteiger partial charge in [0.15, 0.2) is 0 Å². The second kappa shape index (κ2) is 12.7. The number of hydrogen-bond acceptors (Lipinski definition) is 3. The van der Waals surface area contributed by atoms with E-state index in [1.807, 2.05) is 23.9 Å². The van der Waals surface area contributed by atoms with E-state index in [1.165, 1.54) is 11.1 Å². The molecule has 132 valence electrons. The number of thioether (sulfide) groups is 1. The SMILES string of the molecule is Cc1c(CSC(C)C)cccc1NC(=O)CCCCCCN.Cl. The zero-order valence-corrected chi connectivity index (χ0v) is 16.2. The average molecular weight is 359 g/mol. The summed E-state index contributed by atoms with van der Waals surface area (Å²) in [6.45, 7) is 7.24. The van der Waals surface area contributed by atoms with E-state index in [0.29, 0.717) is 11.7 Å². The summed E-state index contributed by atoms with van der Waals surface area (Å²) in [7, 11) is 0. The fourth-order valence-electron chi connectivity index (χ4n) is 2.23. The van der Waals surface area contributed by atoms with E-state index >= 15 is 0 Å². The molecule has 1 amide bonds. The van der Waals surface area contributed by atoms with E-state index in [0.717, 1.165) is 43.7 Å². The maximum Gasteiger partial charge on any atom is 0.224 e. The first-order valence-electron chi connectivity index (χ1n) is 8.24. The highest BCUT2D eigenvalue weighted by atomic mass is 35.5. The number of carbonyl (C=O) groups is 1. The number of halogens is 1. The van der Waals surface area contributed by atoms with Gasteiger partial charge >= 0.3 is 0 Å². The van der Waals surface area contributed by atoms with Crippen molar-refractivity contribution >= 4 is 35.8 Å². The number of benzene rings is 1. The molecule has 0 unspecified atom stereocenters. The van der Waals surface area contributed by atoms with E-state index in [-0.39, 0.29) is 18.3 Å². The average Bonchev–Trinajstić information content (AvgIpc) is 2.48. The fraction of sp³-hybridized carbons (Fsp3) is 0.611. The van der Waals surface area contributed by atoms with Gasteiger partial charge in [-0.15, -0.1) is 12.4 Å². The van der Waals surface area contributed by atoms with Crippen molar-refractivity contribution in [3.8, 4) is 0 Å². The highest BCUT2D eigenvalue weighted by molar-refractivity contribution is 7.99. The summed E-state index contributed by atoms with van der Waals surface area (Å²) in [5.41, 5.74) is 8.91. The summed E-state index contributed by atoms with van der Waals surface area (Å²) < 4.78 is 0. The molecule has 0 fully saturated rings. The van der Waals surface area contributed by atoms with E-state index in [9.17, 15) is 4.79 Å². The van der Waals surface area contributed by atoms with Gasteiger partial charge in [-0.25, -0.2) is 0 Å². The molecule has 0 spiro atoms. The summed E-state index contributed by atoms with van der Waals surface area (Å²) in [6.07, 6.45) is 4.78. The summed E-state index contributed by atoms with van der Waals surface area (Å²) in [5, 5.41) is 3.67. The predicted octanol–water partition coefficient (Wildman–Crippen LogP) is 4.91. The van der Waals surface area contributed by atoms with Crippen molar-refractivity contribution < 1.29 is 4.79 Å². The molecule has 0 aliphatic carbocycles. The lowest BCUT2D eigenvalue weighted by Crippen LogP contribution is -2.12. The van der Waals surface area contributed by atoms with Crippen LogP contribution >= 0.6 is 24.2 Å². The maximum atomic E-state index is 12.0. The Hall–Kier alpha value is -0.710. The molecule has 3 nitrogen and oxygen atoms in total. The van der Waals surface area contributed by atoms with Crippen LogP contribution in [0.1, 0.15) is 57.1 Å². The Balaban J connectivity index is 0.00000484. The number of hydrogen-bond donors (Lipinski definition) is 2. The Labute approximate surface area is 151 Å².